The lowest BCUT2D eigenvalue weighted by Gasteiger charge is -1.96. The van der Waals surface area contributed by atoms with Gasteiger partial charge in [0, 0.05) is 10.5 Å². The number of para-hydroxylation sites is 1. The summed E-state index contributed by atoms with van der Waals surface area (Å²) in [4.78, 5) is 12.1. The molecule has 0 aliphatic heterocycles. The van der Waals surface area contributed by atoms with Gasteiger partial charge in [-0.05, 0) is 35.9 Å². The van der Waals surface area contributed by atoms with E-state index < -0.39 is 0 Å². The summed E-state index contributed by atoms with van der Waals surface area (Å²) in [6.07, 6.45) is 3.24. The second-order valence-electron chi connectivity index (χ2n) is 4.22. The van der Waals surface area contributed by atoms with Crippen LogP contribution < -0.4 is 0 Å². The first-order chi connectivity index (χ1) is 9.74. The molecule has 0 bridgehead atoms. The Labute approximate surface area is 123 Å². The Morgan fingerprint density at radius 1 is 1.15 bits per heavy atom. The smallest absolute Gasteiger partial charge is 0.267 e. The van der Waals surface area contributed by atoms with Crippen molar-refractivity contribution in [1.82, 2.24) is 15.0 Å². The normalized spacial score (nSPS) is 11.2. The van der Waals surface area contributed by atoms with E-state index in [4.69, 9.17) is 0 Å². The Morgan fingerprint density at radius 2 is 2.00 bits per heavy atom. The number of rotatable bonds is 2. The van der Waals surface area contributed by atoms with Crippen molar-refractivity contribution < 1.29 is 4.79 Å². The zero-order valence-corrected chi connectivity index (χ0v) is 12.0. The van der Waals surface area contributed by atoms with Crippen molar-refractivity contribution in [2.24, 2.45) is 0 Å². The fraction of sp³-hybridized carbons (Fsp3) is 0. The second kappa shape index (κ2) is 5.38. The second-order valence-corrected chi connectivity index (χ2v) is 5.13. The first-order valence-electron chi connectivity index (χ1n) is 6.02. The molecular weight excluding hydrogens is 318 g/mol. The first kappa shape index (κ1) is 12.7. The summed E-state index contributed by atoms with van der Waals surface area (Å²) >= 11 is 3.39. The third-order valence-electron chi connectivity index (χ3n) is 2.83. The lowest BCUT2D eigenvalue weighted by Crippen LogP contribution is -2.08. The van der Waals surface area contributed by atoms with Crippen LogP contribution in [-0.2, 0) is 0 Å². The van der Waals surface area contributed by atoms with Gasteiger partial charge in [-0.2, -0.15) is 4.68 Å². The molecule has 0 fully saturated rings. The highest BCUT2D eigenvalue weighted by atomic mass is 79.9. The molecule has 98 valence electrons. The Balaban J connectivity index is 1.90. The summed E-state index contributed by atoms with van der Waals surface area (Å²) < 4.78 is 2.27. The van der Waals surface area contributed by atoms with E-state index in [0.717, 1.165) is 10.0 Å². The summed E-state index contributed by atoms with van der Waals surface area (Å²) in [5.74, 6) is -0.223. The van der Waals surface area contributed by atoms with Gasteiger partial charge in [0.25, 0.3) is 5.91 Å². The van der Waals surface area contributed by atoms with Gasteiger partial charge in [0.05, 0.1) is 5.52 Å². The molecule has 0 saturated heterocycles. The van der Waals surface area contributed by atoms with E-state index in [-0.39, 0.29) is 5.91 Å². The highest BCUT2D eigenvalue weighted by Gasteiger charge is 2.08. The van der Waals surface area contributed by atoms with Crippen LogP contribution >= 0.6 is 15.9 Å². The minimum absolute atomic E-state index is 0.223. The van der Waals surface area contributed by atoms with Crippen molar-refractivity contribution in [3.8, 4) is 0 Å². The lowest BCUT2D eigenvalue weighted by molar-refractivity contribution is 0.0958. The molecule has 3 aromatic rings. The zero-order valence-electron chi connectivity index (χ0n) is 10.4. The van der Waals surface area contributed by atoms with E-state index in [1.807, 2.05) is 48.5 Å². The average molecular weight is 328 g/mol. The van der Waals surface area contributed by atoms with Crippen LogP contribution in [0.25, 0.3) is 17.1 Å². The molecular formula is C15H10BrN3O. The molecule has 1 heterocycles. The number of fused-ring (bicyclic) bond motifs is 1. The fourth-order valence-corrected chi connectivity index (χ4v) is 2.30. The molecule has 4 nitrogen and oxygen atoms in total. The average Bonchev–Trinajstić information content (AvgIpc) is 2.89. The summed E-state index contributed by atoms with van der Waals surface area (Å²) in [5, 5.41) is 7.84. The van der Waals surface area contributed by atoms with Crippen molar-refractivity contribution >= 4 is 38.9 Å². The number of hydrogen-bond donors (Lipinski definition) is 0. The number of hydrogen-bond acceptors (Lipinski definition) is 3. The van der Waals surface area contributed by atoms with Crippen LogP contribution in [0.2, 0.25) is 0 Å². The number of nitrogens with zero attached hydrogens (tertiary/aromatic N) is 3. The van der Waals surface area contributed by atoms with Crippen LogP contribution in [0.3, 0.4) is 0 Å². The largest absolute Gasteiger partial charge is 0.272 e. The molecule has 20 heavy (non-hydrogen) atoms. The van der Waals surface area contributed by atoms with Gasteiger partial charge in [-0.25, -0.2) is 0 Å². The maximum Gasteiger partial charge on any atom is 0.272 e. The molecule has 1 aromatic heterocycles. The fourth-order valence-electron chi connectivity index (χ4n) is 1.88. The minimum Gasteiger partial charge on any atom is -0.267 e. The van der Waals surface area contributed by atoms with Crippen LogP contribution in [-0.4, -0.2) is 20.9 Å². The van der Waals surface area contributed by atoms with Gasteiger partial charge in [-0.1, -0.05) is 45.4 Å². The van der Waals surface area contributed by atoms with Crippen LogP contribution in [0, 0.1) is 0 Å². The van der Waals surface area contributed by atoms with Gasteiger partial charge in [-0.15, -0.1) is 5.10 Å². The molecule has 0 N–H and O–H groups in total. The molecule has 0 aliphatic carbocycles. The van der Waals surface area contributed by atoms with E-state index in [2.05, 4.69) is 26.2 Å². The molecule has 0 spiro atoms. The topological polar surface area (TPSA) is 47.8 Å². The maximum absolute atomic E-state index is 12.1. The Hall–Kier alpha value is -2.27. The maximum atomic E-state index is 12.1. The van der Waals surface area contributed by atoms with Crippen molar-refractivity contribution in [2.75, 3.05) is 0 Å². The predicted molar refractivity (Wildman–Crippen MR) is 81.3 cm³/mol. The molecule has 0 radical (unpaired) electrons. The number of carbonyl (C=O) groups is 1. The predicted octanol–water partition coefficient (Wildman–Crippen LogP) is 3.55. The molecule has 2 aromatic carbocycles. The number of allylic oxidation sites excluding steroid dienone is 1. The molecule has 0 atom stereocenters. The van der Waals surface area contributed by atoms with Crippen molar-refractivity contribution in [3.63, 3.8) is 0 Å². The summed E-state index contributed by atoms with van der Waals surface area (Å²) in [6.45, 7) is 0. The third kappa shape index (κ3) is 2.53. The van der Waals surface area contributed by atoms with Crippen LogP contribution in [0.1, 0.15) is 10.4 Å². The number of benzene rings is 2. The molecule has 0 unspecified atom stereocenters. The van der Waals surface area contributed by atoms with Crippen LogP contribution in [0.15, 0.2) is 59.1 Å². The SMILES string of the molecule is O=C(/C=C/c1cccc(Br)c1)n1nnc2ccccc21. The van der Waals surface area contributed by atoms with Crippen LogP contribution in [0.4, 0.5) is 0 Å². The highest BCUT2D eigenvalue weighted by molar-refractivity contribution is 9.10. The molecule has 0 saturated carbocycles. The van der Waals surface area contributed by atoms with Gasteiger partial charge in [0.2, 0.25) is 0 Å². The van der Waals surface area contributed by atoms with Gasteiger partial charge in [-0.3, -0.25) is 4.79 Å². The van der Waals surface area contributed by atoms with E-state index in [0.29, 0.717) is 11.0 Å². The van der Waals surface area contributed by atoms with Gasteiger partial charge >= 0.3 is 0 Å². The number of aromatic nitrogens is 3. The summed E-state index contributed by atoms with van der Waals surface area (Å²) in [6, 6.07) is 15.1. The van der Waals surface area contributed by atoms with Crippen molar-refractivity contribution in [3.05, 3.63) is 64.6 Å². The summed E-state index contributed by atoms with van der Waals surface area (Å²) in [5.41, 5.74) is 2.35. The monoisotopic (exact) mass is 327 g/mol. The van der Waals surface area contributed by atoms with Crippen molar-refractivity contribution in [1.29, 1.82) is 0 Å². The first-order valence-corrected chi connectivity index (χ1v) is 6.82. The third-order valence-corrected chi connectivity index (χ3v) is 3.32. The number of halogens is 1. The van der Waals surface area contributed by atoms with E-state index in [1.54, 1.807) is 6.08 Å². The van der Waals surface area contributed by atoms with E-state index in [1.165, 1.54) is 10.8 Å². The minimum atomic E-state index is -0.223. The van der Waals surface area contributed by atoms with Gasteiger partial charge < -0.3 is 0 Å². The van der Waals surface area contributed by atoms with E-state index in [9.17, 15) is 4.79 Å². The summed E-state index contributed by atoms with van der Waals surface area (Å²) in [7, 11) is 0. The molecule has 5 heteroatoms. The Bertz CT molecular complexity index is 807. The highest BCUT2D eigenvalue weighted by Crippen LogP contribution is 2.13. The molecule has 0 aliphatic rings. The number of carbonyl (C=O) groups excluding carboxylic acids is 1. The van der Waals surface area contributed by atoms with E-state index >= 15 is 0 Å². The molecule has 0 amide bonds. The Kier molecular flexibility index (Phi) is 3.43. The lowest BCUT2D eigenvalue weighted by atomic mass is 10.2. The van der Waals surface area contributed by atoms with Crippen LogP contribution in [0.5, 0.6) is 0 Å². The quantitative estimate of drug-likeness (QED) is 0.676. The molecule has 3 rings (SSSR count). The van der Waals surface area contributed by atoms with Gasteiger partial charge in [0.15, 0.2) is 0 Å². The standard InChI is InChI=1S/C15H10BrN3O/c16-12-5-3-4-11(10-12)8-9-15(20)19-14-7-2-1-6-13(14)17-18-19/h1-10H/b9-8+. The van der Waals surface area contributed by atoms with Gasteiger partial charge in [0.1, 0.15) is 5.52 Å². The van der Waals surface area contributed by atoms with Crippen molar-refractivity contribution in [2.45, 2.75) is 0 Å². The Morgan fingerprint density at radius 3 is 2.85 bits per heavy atom. The zero-order chi connectivity index (χ0) is 13.9.